The van der Waals surface area contributed by atoms with E-state index in [0.29, 0.717) is 20.7 Å². The molecule has 100 valence electrons. The molecule has 1 heterocycles. The van der Waals surface area contributed by atoms with Crippen molar-refractivity contribution in [2.75, 3.05) is 10.6 Å². The van der Waals surface area contributed by atoms with E-state index in [1.54, 1.807) is 24.3 Å². The molecule has 0 saturated carbocycles. The van der Waals surface area contributed by atoms with Gasteiger partial charge in [0.05, 0.1) is 21.6 Å². The summed E-state index contributed by atoms with van der Waals surface area (Å²) in [5.74, 6) is 0. The molecule has 0 bridgehead atoms. The number of anilines is 2. The third kappa shape index (κ3) is 3.32. The molecule has 0 fully saturated rings. The van der Waals surface area contributed by atoms with Crippen molar-refractivity contribution >= 4 is 52.0 Å². The molecular weight excluding hydrogens is 307 g/mol. The largest absolute Gasteiger partial charge is 0.465 e. The normalized spacial score (nSPS) is 10.4. The monoisotopic (exact) mass is 316 g/mol. The minimum absolute atomic E-state index is 0.215. The van der Waals surface area contributed by atoms with Crippen molar-refractivity contribution in [3.63, 3.8) is 0 Å². The third-order valence-electron chi connectivity index (χ3n) is 2.47. The van der Waals surface area contributed by atoms with Gasteiger partial charge in [0, 0.05) is 10.6 Å². The van der Waals surface area contributed by atoms with Crippen LogP contribution in [0.1, 0.15) is 4.88 Å². The average Bonchev–Trinajstić information content (AvgIpc) is 2.75. The van der Waals surface area contributed by atoms with E-state index in [9.17, 15) is 9.90 Å². The van der Waals surface area contributed by atoms with Gasteiger partial charge in [-0.25, -0.2) is 4.79 Å². The maximum Gasteiger partial charge on any atom is 0.412 e. The van der Waals surface area contributed by atoms with Crippen LogP contribution in [-0.2, 0) is 6.54 Å². The zero-order valence-corrected chi connectivity index (χ0v) is 12.0. The van der Waals surface area contributed by atoms with Gasteiger partial charge in [-0.15, -0.1) is 11.3 Å². The molecule has 0 unspecified atom stereocenters. The van der Waals surface area contributed by atoms with Crippen LogP contribution in [0, 0.1) is 0 Å². The summed E-state index contributed by atoms with van der Waals surface area (Å²) in [6, 6.07) is 8.25. The van der Waals surface area contributed by atoms with Gasteiger partial charge in [0.25, 0.3) is 0 Å². The Hall–Kier alpha value is -1.43. The third-order valence-corrected chi connectivity index (χ3v) is 4.01. The molecule has 1 aromatic heterocycles. The Labute approximate surface area is 124 Å². The van der Waals surface area contributed by atoms with Crippen LogP contribution in [-0.4, -0.2) is 11.2 Å². The Bertz CT molecular complexity index is 616. The van der Waals surface area contributed by atoms with E-state index in [4.69, 9.17) is 28.9 Å². The predicted molar refractivity (Wildman–Crippen MR) is 79.4 cm³/mol. The maximum absolute atomic E-state index is 11.3. The molecule has 0 aliphatic heterocycles. The zero-order chi connectivity index (χ0) is 14.0. The number of benzene rings is 1. The summed E-state index contributed by atoms with van der Waals surface area (Å²) in [4.78, 5) is 13.4. The van der Waals surface area contributed by atoms with E-state index < -0.39 is 6.09 Å². The highest BCUT2D eigenvalue weighted by Gasteiger charge is 2.16. The van der Waals surface area contributed by atoms with Crippen molar-refractivity contribution < 1.29 is 9.90 Å². The lowest BCUT2D eigenvalue weighted by Crippen LogP contribution is -2.28. The first-order chi connectivity index (χ1) is 8.97. The number of carboxylic acid groups (broad SMARTS) is 1. The smallest absolute Gasteiger partial charge is 0.412 e. The molecule has 4 nitrogen and oxygen atoms in total. The second-order valence-corrected chi connectivity index (χ2v) is 5.99. The molecule has 0 spiro atoms. The second kappa shape index (κ2) is 5.69. The molecule has 1 aromatic carbocycles. The van der Waals surface area contributed by atoms with Crippen LogP contribution in [0.2, 0.25) is 9.36 Å². The number of carbonyl (C=O) groups is 1. The molecule has 0 radical (unpaired) electrons. The van der Waals surface area contributed by atoms with Crippen LogP contribution in [0.3, 0.4) is 0 Å². The molecule has 3 N–H and O–H groups in total. The molecule has 19 heavy (non-hydrogen) atoms. The molecule has 1 amide bonds. The number of hydrogen-bond donors (Lipinski definition) is 2. The van der Waals surface area contributed by atoms with Crippen molar-refractivity contribution in [3.05, 3.63) is 44.6 Å². The van der Waals surface area contributed by atoms with Crippen molar-refractivity contribution in [3.8, 4) is 0 Å². The molecule has 0 aliphatic carbocycles. The van der Waals surface area contributed by atoms with E-state index in [1.807, 2.05) is 0 Å². The summed E-state index contributed by atoms with van der Waals surface area (Å²) < 4.78 is 0.621. The lowest BCUT2D eigenvalue weighted by atomic mass is 10.2. The standard InChI is InChI=1S/C12H10Cl2N2O2S/c13-9-5-7(1-3-10(9)15)16(12(17)18)6-8-2-4-11(14)19-8/h1-5H,6,15H2,(H,17,18). The lowest BCUT2D eigenvalue weighted by Gasteiger charge is -2.19. The van der Waals surface area contributed by atoms with Crippen molar-refractivity contribution in [1.82, 2.24) is 0 Å². The minimum atomic E-state index is -1.06. The molecule has 0 aliphatic rings. The number of nitrogen functional groups attached to an aromatic ring is 1. The fourth-order valence-electron chi connectivity index (χ4n) is 1.55. The molecule has 0 atom stereocenters. The van der Waals surface area contributed by atoms with Crippen LogP contribution < -0.4 is 10.6 Å². The van der Waals surface area contributed by atoms with Crippen molar-refractivity contribution in [2.24, 2.45) is 0 Å². The first-order valence-electron chi connectivity index (χ1n) is 5.27. The van der Waals surface area contributed by atoms with Gasteiger partial charge < -0.3 is 10.8 Å². The van der Waals surface area contributed by atoms with Crippen LogP contribution in [0.25, 0.3) is 0 Å². The number of nitrogens with two attached hydrogens (primary N) is 1. The summed E-state index contributed by atoms with van der Waals surface area (Å²) in [5, 5.41) is 9.61. The fourth-order valence-corrected chi connectivity index (χ4v) is 2.80. The predicted octanol–water partition coefficient (Wildman–Crippen LogP) is 4.32. The van der Waals surface area contributed by atoms with Gasteiger partial charge >= 0.3 is 6.09 Å². The van der Waals surface area contributed by atoms with Crippen LogP contribution >= 0.6 is 34.5 Å². The highest BCUT2D eigenvalue weighted by molar-refractivity contribution is 7.16. The van der Waals surface area contributed by atoms with Crippen LogP contribution in [0.4, 0.5) is 16.2 Å². The van der Waals surface area contributed by atoms with E-state index in [0.717, 1.165) is 4.88 Å². The second-order valence-electron chi connectivity index (χ2n) is 3.78. The molecular formula is C12H10Cl2N2O2S. The van der Waals surface area contributed by atoms with Gasteiger partial charge in [-0.3, -0.25) is 4.90 Å². The summed E-state index contributed by atoms with van der Waals surface area (Å²) in [6.45, 7) is 0.215. The van der Waals surface area contributed by atoms with Crippen molar-refractivity contribution in [1.29, 1.82) is 0 Å². The topological polar surface area (TPSA) is 66.6 Å². The van der Waals surface area contributed by atoms with E-state index >= 15 is 0 Å². The number of halogens is 2. The quantitative estimate of drug-likeness (QED) is 0.828. The Morgan fingerprint density at radius 3 is 2.58 bits per heavy atom. The first-order valence-corrected chi connectivity index (χ1v) is 6.84. The summed E-state index contributed by atoms with van der Waals surface area (Å²) >= 11 is 13.1. The summed E-state index contributed by atoms with van der Waals surface area (Å²) in [6.07, 6.45) is -1.06. The summed E-state index contributed by atoms with van der Waals surface area (Å²) in [7, 11) is 0. The van der Waals surface area contributed by atoms with Crippen molar-refractivity contribution in [2.45, 2.75) is 6.54 Å². The number of rotatable bonds is 3. The van der Waals surface area contributed by atoms with Crippen LogP contribution in [0.5, 0.6) is 0 Å². The number of hydrogen-bond acceptors (Lipinski definition) is 3. The Balaban J connectivity index is 2.29. The molecule has 2 rings (SSSR count). The van der Waals surface area contributed by atoms with E-state index in [1.165, 1.54) is 22.3 Å². The zero-order valence-electron chi connectivity index (χ0n) is 9.64. The minimum Gasteiger partial charge on any atom is -0.465 e. The van der Waals surface area contributed by atoms with Gasteiger partial charge in [0.15, 0.2) is 0 Å². The molecule has 0 saturated heterocycles. The lowest BCUT2D eigenvalue weighted by molar-refractivity contribution is 0.201. The van der Waals surface area contributed by atoms with Gasteiger partial charge in [-0.2, -0.15) is 0 Å². The van der Waals surface area contributed by atoms with E-state index in [-0.39, 0.29) is 6.54 Å². The number of nitrogens with zero attached hydrogens (tertiary/aromatic N) is 1. The SMILES string of the molecule is Nc1ccc(N(Cc2ccc(Cl)s2)C(=O)O)cc1Cl. The van der Waals surface area contributed by atoms with E-state index in [2.05, 4.69) is 0 Å². The van der Waals surface area contributed by atoms with Gasteiger partial charge in [-0.05, 0) is 30.3 Å². The highest BCUT2D eigenvalue weighted by atomic mass is 35.5. The molecule has 7 heteroatoms. The highest BCUT2D eigenvalue weighted by Crippen LogP contribution is 2.28. The Morgan fingerprint density at radius 2 is 2.05 bits per heavy atom. The van der Waals surface area contributed by atoms with Crippen LogP contribution in [0.15, 0.2) is 30.3 Å². The Kier molecular flexibility index (Phi) is 4.19. The number of amides is 1. The van der Waals surface area contributed by atoms with Gasteiger partial charge in [0.2, 0.25) is 0 Å². The molecule has 2 aromatic rings. The first kappa shape index (κ1) is 14.0. The van der Waals surface area contributed by atoms with Gasteiger partial charge in [-0.1, -0.05) is 23.2 Å². The number of thiophene rings is 1. The van der Waals surface area contributed by atoms with Gasteiger partial charge in [0.1, 0.15) is 0 Å². The fraction of sp³-hybridized carbons (Fsp3) is 0.0833. The maximum atomic E-state index is 11.3. The summed E-state index contributed by atoms with van der Waals surface area (Å²) in [5.41, 5.74) is 6.49. The average molecular weight is 317 g/mol. The Morgan fingerprint density at radius 1 is 1.32 bits per heavy atom.